The molecule has 0 atom stereocenters. The lowest BCUT2D eigenvalue weighted by molar-refractivity contribution is 0.487. The van der Waals surface area contributed by atoms with Crippen molar-refractivity contribution in [2.24, 2.45) is 0 Å². The van der Waals surface area contributed by atoms with Crippen LogP contribution in [0.2, 0.25) is 0 Å². The molecule has 2 spiro atoms. The Morgan fingerprint density at radius 3 is 1.41 bits per heavy atom. The number of rotatable bonds is 3. The van der Waals surface area contributed by atoms with E-state index in [0.29, 0.717) is 0 Å². The summed E-state index contributed by atoms with van der Waals surface area (Å²) in [7, 11) is -2.78. The van der Waals surface area contributed by atoms with E-state index in [1.807, 2.05) is 0 Å². The Morgan fingerprint density at radius 1 is 0.500 bits per heavy atom. The first-order valence-corrected chi connectivity index (χ1v) is 17.8. The molecule has 0 amide bonds. The molecule has 0 fully saturated rings. The highest BCUT2D eigenvalue weighted by Crippen LogP contribution is 2.56. The number of unbranched alkanes of at least 4 members (excludes halogenated alkanes) is 1. The Balaban J connectivity index is 1.48. The normalized spacial score (nSPS) is 15.7. The Morgan fingerprint density at radius 2 is 0.909 bits per heavy atom. The summed E-state index contributed by atoms with van der Waals surface area (Å²) in [5.74, 6) is 1.96. The van der Waals surface area contributed by atoms with E-state index in [1.165, 1.54) is 54.4 Å². The zero-order valence-corrected chi connectivity index (χ0v) is 25.8. The molecule has 6 aromatic carbocycles. The van der Waals surface area contributed by atoms with E-state index >= 15 is 0 Å². The molecule has 0 aromatic heterocycles. The van der Waals surface area contributed by atoms with Crippen LogP contribution in [0.15, 0.2) is 146 Å². The highest BCUT2D eigenvalue weighted by atomic mass is 28.3. The van der Waals surface area contributed by atoms with Crippen LogP contribution in [-0.4, -0.2) is 14.6 Å². The molecule has 0 radical (unpaired) electrons. The minimum atomic E-state index is -2.78. The van der Waals surface area contributed by atoms with Crippen LogP contribution < -0.4 is 30.4 Å². The monoisotopic (exact) mass is 583 g/mol. The van der Waals surface area contributed by atoms with E-state index < -0.39 is 13.5 Å². The van der Waals surface area contributed by atoms with Gasteiger partial charge in [0.1, 0.15) is 11.5 Å². The summed E-state index contributed by atoms with van der Waals surface area (Å²) in [5, 5.41) is 5.56. The summed E-state index contributed by atoms with van der Waals surface area (Å²) in [6, 6.07) is 54.7. The fourth-order valence-corrected chi connectivity index (χ4v) is 14.1. The first kappa shape index (κ1) is 25.6. The molecular weight excluding hydrogens is 551 g/mol. The van der Waals surface area contributed by atoms with Crippen molar-refractivity contribution in [3.05, 3.63) is 168 Å². The van der Waals surface area contributed by atoms with Crippen molar-refractivity contribution in [3.63, 3.8) is 0 Å². The van der Waals surface area contributed by atoms with Gasteiger partial charge in [-0.3, -0.25) is 0 Å². The van der Waals surface area contributed by atoms with Crippen LogP contribution in [0.4, 0.5) is 11.4 Å². The fourth-order valence-electron chi connectivity index (χ4n) is 8.60. The van der Waals surface area contributed by atoms with Crippen LogP contribution >= 0.6 is 0 Å². The van der Waals surface area contributed by atoms with Crippen LogP contribution in [-0.2, 0) is 5.41 Å². The quantitative estimate of drug-likeness (QED) is 0.206. The largest absolute Gasteiger partial charge is 0.458 e. The molecule has 0 unspecified atom stereocenters. The van der Waals surface area contributed by atoms with Gasteiger partial charge in [0.2, 0.25) is 0 Å². The van der Waals surface area contributed by atoms with Crippen molar-refractivity contribution in [1.82, 2.24) is 0 Å². The van der Waals surface area contributed by atoms with Gasteiger partial charge in [-0.1, -0.05) is 135 Å². The van der Waals surface area contributed by atoms with Gasteiger partial charge in [-0.15, -0.1) is 0 Å². The zero-order valence-electron chi connectivity index (χ0n) is 24.8. The molecule has 0 aliphatic carbocycles. The van der Waals surface area contributed by atoms with E-state index in [4.69, 9.17) is 4.74 Å². The minimum absolute atomic E-state index is 0.455. The highest BCUT2D eigenvalue weighted by Gasteiger charge is 2.59. The lowest BCUT2D eigenvalue weighted by atomic mass is 9.62. The van der Waals surface area contributed by atoms with Gasteiger partial charge >= 0.3 is 0 Å². The first-order valence-electron chi connectivity index (χ1n) is 15.8. The van der Waals surface area contributed by atoms with Crippen LogP contribution in [0.3, 0.4) is 0 Å². The van der Waals surface area contributed by atoms with E-state index in [-0.39, 0.29) is 0 Å². The van der Waals surface area contributed by atoms with Crippen molar-refractivity contribution >= 4 is 40.2 Å². The SMILES string of the molecule is CCCCN1c2ccccc2C2(c3ccccc31)c1ccccc1[Si]1(c3ccccc3Oc3ccccc31)c1ccccc12. The number of benzene rings is 6. The molecule has 3 aliphatic heterocycles. The molecule has 0 N–H and O–H groups in total. The maximum Gasteiger partial charge on any atom is 0.188 e. The number of ether oxygens (including phenoxy) is 1. The fraction of sp³-hybridized carbons (Fsp3) is 0.122. The Kier molecular flexibility index (Phi) is 5.57. The van der Waals surface area contributed by atoms with Gasteiger partial charge in [-0.05, 0) is 73.7 Å². The Bertz CT molecular complexity index is 1940. The van der Waals surface area contributed by atoms with Gasteiger partial charge < -0.3 is 9.64 Å². The lowest BCUT2D eigenvalue weighted by Crippen LogP contribution is -2.80. The summed E-state index contributed by atoms with van der Waals surface area (Å²) in [6.07, 6.45) is 2.30. The van der Waals surface area contributed by atoms with Crippen molar-refractivity contribution in [2.75, 3.05) is 11.4 Å². The summed E-state index contributed by atoms with van der Waals surface area (Å²) < 4.78 is 6.66. The third kappa shape index (κ3) is 3.10. The van der Waals surface area contributed by atoms with Gasteiger partial charge in [0.05, 0.1) is 5.41 Å². The van der Waals surface area contributed by atoms with Crippen molar-refractivity contribution in [2.45, 2.75) is 25.2 Å². The minimum Gasteiger partial charge on any atom is -0.458 e. The molecule has 0 saturated heterocycles. The first-order chi connectivity index (χ1) is 21.8. The molecule has 44 heavy (non-hydrogen) atoms. The molecule has 0 saturated carbocycles. The van der Waals surface area contributed by atoms with Crippen LogP contribution in [0.1, 0.15) is 42.0 Å². The summed E-state index contributed by atoms with van der Waals surface area (Å²) in [4.78, 5) is 2.57. The van der Waals surface area contributed by atoms with Crippen LogP contribution in [0, 0.1) is 0 Å². The van der Waals surface area contributed by atoms with Gasteiger partial charge in [-0.2, -0.15) is 0 Å². The summed E-state index contributed by atoms with van der Waals surface area (Å²) in [6.45, 7) is 3.28. The molecule has 2 nitrogen and oxygen atoms in total. The van der Waals surface area contributed by atoms with E-state index in [9.17, 15) is 0 Å². The summed E-state index contributed by atoms with van der Waals surface area (Å²) in [5.41, 5.74) is 7.70. The smallest absolute Gasteiger partial charge is 0.188 e. The molecule has 6 aromatic rings. The van der Waals surface area contributed by atoms with Crippen molar-refractivity contribution in [1.29, 1.82) is 0 Å². The summed E-state index contributed by atoms with van der Waals surface area (Å²) >= 11 is 0. The zero-order chi connectivity index (χ0) is 29.3. The van der Waals surface area contributed by atoms with Gasteiger partial charge in [0.15, 0.2) is 8.07 Å². The highest BCUT2D eigenvalue weighted by molar-refractivity contribution is 7.21. The second-order valence-corrected chi connectivity index (χ2v) is 15.9. The third-order valence-corrected chi connectivity index (χ3v) is 15.1. The average molecular weight is 584 g/mol. The maximum absolute atomic E-state index is 6.66. The number of hydrogen-bond acceptors (Lipinski definition) is 2. The molecule has 3 heteroatoms. The Labute approximate surface area is 260 Å². The molecule has 3 heterocycles. The van der Waals surface area contributed by atoms with E-state index in [2.05, 4.69) is 157 Å². The van der Waals surface area contributed by atoms with Gasteiger partial charge in [-0.25, -0.2) is 0 Å². The molecule has 0 bridgehead atoms. The molecule has 9 rings (SSSR count). The second-order valence-electron chi connectivity index (χ2n) is 12.2. The molecule has 3 aliphatic rings. The standard InChI is InChI=1S/C41H33NOSi/c1-2-3-28-42-33-20-8-4-16-29(33)41(30-17-5-9-21-34(30)42)31-18-6-12-24-37(31)44(38-25-13-7-19-32(38)41)39-26-14-10-22-35(39)43-36-23-11-15-27-40(36)44/h4-27H,2-3,28H2,1H3. The van der Waals surface area contributed by atoms with Crippen molar-refractivity contribution in [3.8, 4) is 11.5 Å². The predicted molar refractivity (Wildman–Crippen MR) is 184 cm³/mol. The van der Waals surface area contributed by atoms with Gasteiger partial charge in [0, 0.05) is 17.9 Å². The van der Waals surface area contributed by atoms with Crippen molar-refractivity contribution < 1.29 is 4.74 Å². The topological polar surface area (TPSA) is 12.5 Å². The number of nitrogens with zero attached hydrogens (tertiary/aromatic N) is 1. The second kappa shape index (κ2) is 9.57. The average Bonchev–Trinajstić information content (AvgIpc) is 3.09. The molecule has 212 valence electrons. The number of para-hydroxylation sites is 4. The van der Waals surface area contributed by atoms with E-state index in [1.54, 1.807) is 0 Å². The van der Waals surface area contributed by atoms with Crippen LogP contribution in [0.5, 0.6) is 11.5 Å². The molecular formula is C41H33NOSi. The number of fused-ring (bicyclic) bond motifs is 14. The number of anilines is 2. The number of hydrogen-bond donors (Lipinski definition) is 0. The third-order valence-electron chi connectivity index (χ3n) is 10.2. The lowest BCUT2D eigenvalue weighted by Gasteiger charge is -2.54. The van der Waals surface area contributed by atoms with Gasteiger partial charge in [0.25, 0.3) is 0 Å². The van der Waals surface area contributed by atoms with Crippen LogP contribution in [0.25, 0.3) is 0 Å². The maximum atomic E-state index is 6.66. The Hall–Kier alpha value is -4.86. The predicted octanol–water partition coefficient (Wildman–Crippen LogP) is 7.12. The van der Waals surface area contributed by atoms with E-state index in [0.717, 1.165) is 30.9 Å².